The fraction of sp³-hybridized carbons (Fsp3) is 0. The molecule has 0 amide bonds. The van der Waals surface area contributed by atoms with E-state index in [9.17, 15) is 5.11 Å². The van der Waals surface area contributed by atoms with E-state index in [0.717, 1.165) is 21.5 Å². The maximum Gasteiger partial charge on any atom is 1.00 e. The van der Waals surface area contributed by atoms with E-state index in [0.29, 0.717) is 5.75 Å². The molecule has 1 N–H and O–H groups in total. The average molecular weight is 200 g/mol. The predicted molar refractivity (Wildman–Crippen MR) is 62.0 cm³/mol. The summed E-state index contributed by atoms with van der Waals surface area (Å²) in [6, 6.07) is 18.6. The Kier molecular flexibility index (Phi) is 2.92. The van der Waals surface area contributed by atoms with Crippen LogP contribution in [0.25, 0.3) is 21.5 Å². The van der Waals surface area contributed by atoms with E-state index in [1.165, 1.54) is 0 Å². The Morgan fingerprint density at radius 1 is 0.938 bits per heavy atom. The number of aromatic hydroxyl groups is 1. The Labute approximate surface area is 106 Å². The van der Waals surface area contributed by atoms with Crippen LogP contribution in [0.15, 0.2) is 48.5 Å². The molecule has 0 bridgehead atoms. The van der Waals surface area contributed by atoms with Crippen LogP contribution in [0.1, 0.15) is 0 Å². The van der Waals surface area contributed by atoms with Crippen LogP contribution in [0, 0.1) is 6.07 Å². The third-order valence-electron chi connectivity index (χ3n) is 2.66. The van der Waals surface area contributed by atoms with Crippen molar-refractivity contribution in [1.82, 2.24) is 0 Å². The molecule has 0 aliphatic rings. The Morgan fingerprint density at radius 3 is 2.69 bits per heavy atom. The van der Waals surface area contributed by atoms with Gasteiger partial charge in [0.2, 0.25) is 0 Å². The van der Waals surface area contributed by atoms with Crippen LogP contribution in [0.4, 0.5) is 0 Å². The van der Waals surface area contributed by atoms with Gasteiger partial charge in [0, 0.05) is 0 Å². The first kappa shape index (κ1) is 11.1. The van der Waals surface area contributed by atoms with Gasteiger partial charge in [-0.2, -0.15) is 0 Å². The van der Waals surface area contributed by atoms with Gasteiger partial charge in [0.25, 0.3) is 0 Å². The molecule has 0 radical (unpaired) electrons. The SMILES string of the molecule is Oc1cccc2ccc3[c-]cccc3c12.[Li+]. The number of phenolic OH excluding ortho intramolecular Hbond substituents is 1. The van der Waals surface area contributed by atoms with Crippen molar-refractivity contribution in [2.24, 2.45) is 0 Å². The Balaban J connectivity index is 0.000000963. The Morgan fingerprint density at radius 2 is 1.81 bits per heavy atom. The van der Waals surface area contributed by atoms with Gasteiger partial charge in [-0.15, -0.1) is 35.7 Å². The van der Waals surface area contributed by atoms with E-state index in [4.69, 9.17) is 0 Å². The third-order valence-corrected chi connectivity index (χ3v) is 2.66. The smallest absolute Gasteiger partial charge is 0.508 e. The number of phenols is 1. The van der Waals surface area contributed by atoms with Gasteiger partial charge >= 0.3 is 18.9 Å². The number of rotatable bonds is 0. The molecule has 0 fully saturated rings. The fourth-order valence-corrected chi connectivity index (χ4v) is 1.97. The molecule has 0 spiro atoms. The largest absolute Gasteiger partial charge is 1.00 e. The normalized spacial score (nSPS) is 10.2. The van der Waals surface area contributed by atoms with Crippen molar-refractivity contribution in [3.05, 3.63) is 54.6 Å². The van der Waals surface area contributed by atoms with Crippen molar-refractivity contribution in [1.29, 1.82) is 0 Å². The standard InChI is InChI=1S/C14H9O.Li/c15-13-7-3-5-11-9-8-10-4-1-2-6-12(10)14(11)13;/h1-3,5-9,15H;/q-1;+1. The predicted octanol–water partition coefficient (Wildman–Crippen LogP) is 0.503. The summed E-state index contributed by atoms with van der Waals surface area (Å²) in [5.41, 5.74) is 0. The van der Waals surface area contributed by atoms with E-state index in [1.807, 2.05) is 42.5 Å². The minimum Gasteiger partial charge on any atom is -0.508 e. The Bertz CT molecular complexity index is 646. The molecule has 3 aromatic rings. The molecule has 0 unspecified atom stereocenters. The number of hydrogen-bond acceptors (Lipinski definition) is 1. The second kappa shape index (κ2) is 4.21. The quantitative estimate of drug-likeness (QED) is 0.318. The minimum atomic E-state index is 0. The van der Waals surface area contributed by atoms with E-state index in [-0.39, 0.29) is 18.9 Å². The first-order valence-electron chi connectivity index (χ1n) is 4.87. The number of fused-ring (bicyclic) bond motifs is 3. The molecule has 1 nitrogen and oxygen atoms in total. The summed E-state index contributed by atoms with van der Waals surface area (Å²) in [5.74, 6) is 0.331. The van der Waals surface area contributed by atoms with Crippen LogP contribution in [0.3, 0.4) is 0 Å². The molecule has 0 aromatic heterocycles. The molecule has 0 saturated heterocycles. The summed E-state index contributed by atoms with van der Waals surface area (Å²) in [6.45, 7) is 0. The molecule has 0 atom stereocenters. The number of hydrogen-bond donors (Lipinski definition) is 1. The fourth-order valence-electron chi connectivity index (χ4n) is 1.97. The van der Waals surface area contributed by atoms with E-state index < -0.39 is 0 Å². The molecule has 2 heteroatoms. The summed E-state index contributed by atoms with van der Waals surface area (Å²) in [6.07, 6.45) is 0. The van der Waals surface area contributed by atoms with Crippen molar-refractivity contribution in [2.45, 2.75) is 0 Å². The van der Waals surface area contributed by atoms with Crippen LogP contribution >= 0.6 is 0 Å². The minimum absolute atomic E-state index is 0. The first-order valence-corrected chi connectivity index (χ1v) is 4.87. The molecule has 72 valence electrons. The molecule has 3 rings (SSSR count). The zero-order chi connectivity index (χ0) is 10.3. The van der Waals surface area contributed by atoms with Crippen molar-refractivity contribution < 1.29 is 24.0 Å². The van der Waals surface area contributed by atoms with Gasteiger partial charge in [-0.05, 0) is 16.8 Å². The van der Waals surface area contributed by atoms with E-state index in [1.54, 1.807) is 6.07 Å². The summed E-state index contributed by atoms with van der Waals surface area (Å²) in [7, 11) is 0. The first-order chi connectivity index (χ1) is 7.36. The van der Waals surface area contributed by atoms with Gasteiger partial charge in [-0.3, -0.25) is 0 Å². The number of benzene rings is 3. The zero-order valence-corrected chi connectivity index (χ0v) is 9.07. The molecule has 16 heavy (non-hydrogen) atoms. The van der Waals surface area contributed by atoms with Crippen LogP contribution < -0.4 is 18.9 Å². The molecular weight excluding hydrogens is 191 g/mol. The van der Waals surface area contributed by atoms with Gasteiger partial charge < -0.3 is 5.11 Å². The second-order valence-electron chi connectivity index (χ2n) is 3.57. The Hall–Kier alpha value is -1.42. The van der Waals surface area contributed by atoms with Gasteiger partial charge in [0.15, 0.2) is 0 Å². The van der Waals surface area contributed by atoms with Crippen LogP contribution in [-0.2, 0) is 0 Å². The van der Waals surface area contributed by atoms with Crippen LogP contribution in [0.2, 0.25) is 0 Å². The second-order valence-corrected chi connectivity index (χ2v) is 3.57. The van der Waals surface area contributed by atoms with Crippen LogP contribution in [-0.4, -0.2) is 5.11 Å². The topological polar surface area (TPSA) is 20.2 Å². The van der Waals surface area contributed by atoms with Crippen molar-refractivity contribution in [3.8, 4) is 5.75 Å². The summed E-state index contributed by atoms with van der Waals surface area (Å²) < 4.78 is 0. The molecule has 0 aliphatic carbocycles. The van der Waals surface area contributed by atoms with Gasteiger partial charge in [-0.25, -0.2) is 0 Å². The molecular formula is C14H9LiO. The van der Waals surface area contributed by atoms with Gasteiger partial charge in [0.05, 0.1) is 0 Å². The molecule has 0 aliphatic heterocycles. The molecule has 0 heterocycles. The molecule has 0 saturated carbocycles. The van der Waals surface area contributed by atoms with Crippen LogP contribution in [0.5, 0.6) is 5.75 Å². The maximum atomic E-state index is 9.86. The van der Waals surface area contributed by atoms with Gasteiger partial charge in [-0.1, -0.05) is 23.6 Å². The van der Waals surface area contributed by atoms with Crippen molar-refractivity contribution >= 4 is 21.5 Å². The molecule has 3 aromatic carbocycles. The monoisotopic (exact) mass is 200 g/mol. The summed E-state index contributed by atoms with van der Waals surface area (Å²) in [5, 5.41) is 13.9. The van der Waals surface area contributed by atoms with E-state index >= 15 is 0 Å². The summed E-state index contributed by atoms with van der Waals surface area (Å²) in [4.78, 5) is 0. The summed E-state index contributed by atoms with van der Waals surface area (Å²) >= 11 is 0. The third kappa shape index (κ3) is 1.59. The van der Waals surface area contributed by atoms with Crippen molar-refractivity contribution in [3.63, 3.8) is 0 Å². The zero-order valence-electron chi connectivity index (χ0n) is 9.07. The van der Waals surface area contributed by atoms with Gasteiger partial charge in [0.1, 0.15) is 5.75 Å². The van der Waals surface area contributed by atoms with Crippen molar-refractivity contribution in [2.75, 3.05) is 0 Å². The average Bonchev–Trinajstić information content (AvgIpc) is 2.29. The maximum absolute atomic E-state index is 9.86. The van der Waals surface area contributed by atoms with E-state index in [2.05, 4.69) is 6.07 Å².